The topological polar surface area (TPSA) is 55.4 Å². The zero-order valence-electron chi connectivity index (χ0n) is 14.6. The molecule has 0 atom stereocenters. The lowest BCUT2D eigenvalue weighted by Gasteiger charge is -2.18. The van der Waals surface area contributed by atoms with Crippen LogP contribution in [0.4, 0.5) is 0 Å². The molecule has 1 amide bonds. The van der Waals surface area contributed by atoms with E-state index in [-0.39, 0.29) is 17.9 Å². The molecule has 0 radical (unpaired) electrons. The summed E-state index contributed by atoms with van der Waals surface area (Å²) in [5.41, 5.74) is 2.56. The van der Waals surface area contributed by atoms with Gasteiger partial charge in [-0.15, -0.1) is 0 Å². The van der Waals surface area contributed by atoms with Crippen LogP contribution in [0.2, 0.25) is 0 Å². The summed E-state index contributed by atoms with van der Waals surface area (Å²) in [6, 6.07) is 14.9. The second-order valence-electron chi connectivity index (χ2n) is 6.81. The molecule has 0 aliphatic rings. The number of benzene rings is 2. The van der Waals surface area contributed by atoms with Crippen LogP contribution in [0.1, 0.15) is 42.3 Å². The lowest BCUT2D eigenvalue weighted by Crippen LogP contribution is -2.28. The Hall–Kier alpha value is -2.14. The molecule has 0 aliphatic heterocycles. The van der Waals surface area contributed by atoms with Crippen LogP contribution in [0.15, 0.2) is 53.0 Å². The number of nitrogens with one attached hydrogen (secondary N) is 1. The minimum Gasteiger partial charge on any atom is -0.452 e. The van der Waals surface area contributed by atoms with Gasteiger partial charge in [0.2, 0.25) is 0 Å². The molecule has 4 nitrogen and oxygen atoms in total. The first kappa shape index (κ1) is 19.2. The number of halogens is 1. The predicted octanol–water partition coefficient (Wildman–Crippen LogP) is 4.22. The number of carbonyl (C=O) groups excluding carboxylic acids is 2. The van der Waals surface area contributed by atoms with Gasteiger partial charge in [-0.3, -0.25) is 4.79 Å². The summed E-state index contributed by atoms with van der Waals surface area (Å²) in [6.45, 7) is 6.41. The second-order valence-corrected chi connectivity index (χ2v) is 7.73. The van der Waals surface area contributed by atoms with Gasteiger partial charge in [0.05, 0.1) is 5.56 Å². The highest BCUT2D eigenvalue weighted by Crippen LogP contribution is 2.22. The van der Waals surface area contributed by atoms with Gasteiger partial charge in [-0.05, 0) is 40.8 Å². The first-order valence-electron chi connectivity index (χ1n) is 8.04. The standard InChI is InChI=1S/C20H22BrNO3/c1-20(2,3)16-9-7-15(8-10-16)19(24)25-13-18(23)22-12-14-5-4-6-17(21)11-14/h4-11H,12-13H2,1-3H3,(H,22,23). The fourth-order valence-corrected chi connectivity index (χ4v) is 2.67. The number of amides is 1. The highest BCUT2D eigenvalue weighted by Gasteiger charge is 2.15. The third kappa shape index (κ3) is 6.02. The summed E-state index contributed by atoms with van der Waals surface area (Å²) < 4.78 is 6.02. The average Bonchev–Trinajstić information content (AvgIpc) is 2.57. The molecule has 1 N–H and O–H groups in total. The fourth-order valence-electron chi connectivity index (χ4n) is 2.22. The van der Waals surface area contributed by atoms with Gasteiger partial charge in [0.1, 0.15) is 0 Å². The molecule has 0 spiro atoms. The summed E-state index contributed by atoms with van der Waals surface area (Å²) in [4.78, 5) is 23.8. The lowest BCUT2D eigenvalue weighted by molar-refractivity contribution is -0.124. The molecule has 0 aromatic heterocycles. The third-order valence-electron chi connectivity index (χ3n) is 3.70. The van der Waals surface area contributed by atoms with E-state index in [1.54, 1.807) is 12.1 Å². The van der Waals surface area contributed by atoms with Crippen LogP contribution in [0, 0.1) is 0 Å². The molecule has 0 bridgehead atoms. The SMILES string of the molecule is CC(C)(C)c1ccc(C(=O)OCC(=O)NCc2cccc(Br)c2)cc1. The van der Waals surface area contributed by atoms with Crippen molar-refractivity contribution in [1.29, 1.82) is 0 Å². The Morgan fingerprint density at radius 2 is 1.76 bits per heavy atom. The Labute approximate surface area is 156 Å². The van der Waals surface area contributed by atoms with Crippen LogP contribution < -0.4 is 5.32 Å². The average molecular weight is 404 g/mol. The molecule has 5 heteroatoms. The summed E-state index contributed by atoms with van der Waals surface area (Å²) in [6.07, 6.45) is 0. The molecule has 2 aromatic carbocycles. The Balaban J connectivity index is 1.82. The highest BCUT2D eigenvalue weighted by molar-refractivity contribution is 9.10. The van der Waals surface area contributed by atoms with Gasteiger partial charge < -0.3 is 10.1 Å². The molecule has 2 rings (SSSR count). The number of esters is 1. The van der Waals surface area contributed by atoms with E-state index in [1.165, 1.54) is 0 Å². The van der Waals surface area contributed by atoms with Crippen LogP contribution >= 0.6 is 15.9 Å². The van der Waals surface area contributed by atoms with Crippen molar-refractivity contribution >= 4 is 27.8 Å². The zero-order chi connectivity index (χ0) is 18.4. The van der Waals surface area contributed by atoms with Crippen LogP contribution in [-0.4, -0.2) is 18.5 Å². The van der Waals surface area contributed by atoms with Gasteiger partial charge in [-0.1, -0.05) is 61.0 Å². The normalized spacial score (nSPS) is 11.0. The smallest absolute Gasteiger partial charge is 0.338 e. The van der Waals surface area contributed by atoms with Crippen LogP contribution in [-0.2, 0) is 21.5 Å². The fraction of sp³-hybridized carbons (Fsp3) is 0.300. The van der Waals surface area contributed by atoms with Crippen LogP contribution in [0.5, 0.6) is 0 Å². The summed E-state index contributed by atoms with van der Waals surface area (Å²) in [5, 5.41) is 2.73. The van der Waals surface area contributed by atoms with Crippen LogP contribution in [0.25, 0.3) is 0 Å². The summed E-state index contributed by atoms with van der Waals surface area (Å²) in [5.74, 6) is -0.835. The van der Waals surface area contributed by atoms with E-state index in [1.807, 2.05) is 36.4 Å². The summed E-state index contributed by atoms with van der Waals surface area (Å²) >= 11 is 3.38. The van der Waals surface area contributed by atoms with Crippen LogP contribution in [0.3, 0.4) is 0 Å². The van der Waals surface area contributed by atoms with Crippen molar-refractivity contribution in [3.63, 3.8) is 0 Å². The number of rotatable bonds is 5. The van der Waals surface area contributed by atoms with E-state index in [0.717, 1.165) is 15.6 Å². The van der Waals surface area contributed by atoms with Crippen molar-refractivity contribution < 1.29 is 14.3 Å². The minimum absolute atomic E-state index is 0.0226. The van der Waals surface area contributed by atoms with Gasteiger partial charge in [0.15, 0.2) is 6.61 Å². The van der Waals surface area contributed by atoms with Crippen molar-refractivity contribution in [2.45, 2.75) is 32.7 Å². The highest BCUT2D eigenvalue weighted by atomic mass is 79.9. The molecule has 0 fully saturated rings. The molecule has 132 valence electrons. The van der Waals surface area contributed by atoms with E-state index < -0.39 is 5.97 Å². The van der Waals surface area contributed by atoms with Crippen molar-refractivity contribution in [2.75, 3.05) is 6.61 Å². The number of carbonyl (C=O) groups is 2. The molecule has 0 saturated heterocycles. The molecular formula is C20H22BrNO3. The van der Waals surface area contributed by atoms with E-state index in [2.05, 4.69) is 42.0 Å². The van der Waals surface area contributed by atoms with Crippen molar-refractivity contribution in [3.8, 4) is 0 Å². The second kappa shape index (κ2) is 8.30. The largest absolute Gasteiger partial charge is 0.452 e. The summed E-state index contributed by atoms with van der Waals surface area (Å²) in [7, 11) is 0. The molecular weight excluding hydrogens is 382 g/mol. The molecule has 0 heterocycles. The Morgan fingerprint density at radius 3 is 2.36 bits per heavy atom. The minimum atomic E-state index is -0.502. The van der Waals surface area contributed by atoms with Gasteiger partial charge >= 0.3 is 5.97 Å². The van der Waals surface area contributed by atoms with E-state index >= 15 is 0 Å². The van der Waals surface area contributed by atoms with Gasteiger partial charge in [-0.25, -0.2) is 4.79 Å². The first-order valence-corrected chi connectivity index (χ1v) is 8.84. The number of hydrogen-bond donors (Lipinski definition) is 1. The van der Waals surface area contributed by atoms with E-state index in [0.29, 0.717) is 12.1 Å². The Kier molecular flexibility index (Phi) is 6.37. The monoisotopic (exact) mass is 403 g/mol. The van der Waals surface area contributed by atoms with Gasteiger partial charge in [-0.2, -0.15) is 0 Å². The first-order chi connectivity index (χ1) is 11.8. The molecule has 0 unspecified atom stereocenters. The Morgan fingerprint density at radius 1 is 1.08 bits per heavy atom. The van der Waals surface area contributed by atoms with Crippen molar-refractivity contribution in [3.05, 3.63) is 69.7 Å². The maximum atomic E-state index is 12.0. The van der Waals surface area contributed by atoms with Gasteiger partial charge in [0.25, 0.3) is 5.91 Å². The third-order valence-corrected chi connectivity index (χ3v) is 4.19. The van der Waals surface area contributed by atoms with E-state index in [9.17, 15) is 9.59 Å². The zero-order valence-corrected chi connectivity index (χ0v) is 16.2. The number of hydrogen-bond acceptors (Lipinski definition) is 3. The Bertz CT molecular complexity index is 748. The number of ether oxygens (including phenoxy) is 1. The molecule has 2 aromatic rings. The quantitative estimate of drug-likeness (QED) is 0.760. The molecule has 0 aliphatic carbocycles. The maximum Gasteiger partial charge on any atom is 0.338 e. The molecule has 0 saturated carbocycles. The predicted molar refractivity (Wildman–Crippen MR) is 101 cm³/mol. The van der Waals surface area contributed by atoms with E-state index in [4.69, 9.17) is 4.74 Å². The van der Waals surface area contributed by atoms with Crippen molar-refractivity contribution in [1.82, 2.24) is 5.32 Å². The van der Waals surface area contributed by atoms with Gasteiger partial charge in [0, 0.05) is 11.0 Å². The van der Waals surface area contributed by atoms with Crippen molar-refractivity contribution in [2.24, 2.45) is 0 Å². The molecule has 25 heavy (non-hydrogen) atoms. The maximum absolute atomic E-state index is 12.0. The lowest BCUT2D eigenvalue weighted by atomic mass is 9.87.